The molecule has 3 rings (SSSR count). The van der Waals surface area contributed by atoms with Crippen LogP contribution in [0.3, 0.4) is 0 Å². The van der Waals surface area contributed by atoms with E-state index in [4.69, 9.17) is 4.42 Å². The first kappa shape index (κ1) is 13.7. The Morgan fingerprint density at radius 3 is 3.05 bits per heavy atom. The molecule has 1 aromatic carbocycles. The van der Waals surface area contributed by atoms with Gasteiger partial charge in [-0.3, -0.25) is 0 Å². The van der Waals surface area contributed by atoms with E-state index in [-0.39, 0.29) is 0 Å². The van der Waals surface area contributed by atoms with Gasteiger partial charge in [-0.2, -0.15) is 0 Å². The first-order valence-electron chi connectivity index (χ1n) is 7.60. The Labute approximate surface area is 120 Å². The van der Waals surface area contributed by atoms with Gasteiger partial charge in [0, 0.05) is 24.0 Å². The molecule has 1 unspecified atom stereocenters. The fraction of sp³-hybridized carbons (Fsp3) is 0.529. The maximum absolute atomic E-state index is 5.81. The van der Waals surface area contributed by atoms with Gasteiger partial charge < -0.3 is 14.6 Å². The third-order valence-corrected chi connectivity index (χ3v) is 4.36. The molecule has 3 nitrogen and oxygen atoms in total. The van der Waals surface area contributed by atoms with Crippen molar-refractivity contribution in [1.29, 1.82) is 0 Å². The molecule has 0 saturated carbocycles. The lowest BCUT2D eigenvalue weighted by Gasteiger charge is -2.29. The largest absolute Gasteiger partial charge is 0.461 e. The highest BCUT2D eigenvalue weighted by atomic mass is 16.3. The molecule has 2 aromatic rings. The normalized spacial score (nSPS) is 20.6. The quantitative estimate of drug-likeness (QED) is 0.926. The summed E-state index contributed by atoms with van der Waals surface area (Å²) in [5.41, 5.74) is 2.31. The zero-order valence-electron chi connectivity index (χ0n) is 12.5. The zero-order valence-corrected chi connectivity index (χ0v) is 12.5. The van der Waals surface area contributed by atoms with Crippen molar-refractivity contribution in [3.05, 3.63) is 35.6 Å². The molecule has 0 amide bonds. The molecule has 1 atom stereocenters. The van der Waals surface area contributed by atoms with Crippen LogP contribution in [0, 0.1) is 12.8 Å². The van der Waals surface area contributed by atoms with E-state index in [1.54, 1.807) is 0 Å². The van der Waals surface area contributed by atoms with Crippen molar-refractivity contribution in [2.45, 2.75) is 26.3 Å². The average molecular weight is 272 g/mol. The standard InChI is InChI=1S/C17H24N2O/c1-13-16(15-7-3-4-8-17(15)20-13)11-18-10-14-6-5-9-19(2)12-14/h3-4,7-8,14,18H,5-6,9-12H2,1-2H3. The molecule has 1 N–H and O–H groups in total. The number of fused-ring (bicyclic) bond motifs is 1. The first-order valence-corrected chi connectivity index (χ1v) is 7.60. The number of furan rings is 1. The number of hydrogen-bond donors (Lipinski definition) is 1. The summed E-state index contributed by atoms with van der Waals surface area (Å²) in [4.78, 5) is 2.44. The Morgan fingerprint density at radius 2 is 2.20 bits per heavy atom. The number of benzene rings is 1. The fourth-order valence-corrected chi connectivity index (χ4v) is 3.28. The Kier molecular flexibility index (Phi) is 4.08. The molecule has 0 spiro atoms. The molecular formula is C17H24N2O. The van der Waals surface area contributed by atoms with Crippen molar-refractivity contribution in [1.82, 2.24) is 10.2 Å². The van der Waals surface area contributed by atoms with Crippen molar-refractivity contribution in [2.24, 2.45) is 5.92 Å². The smallest absolute Gasteiger partial charge is 0.134 e. The molecule has 2 heterocycles. The highest BCUT2D eigenvalue weighted by Crippen LogP contribution is 2.25. The first-order chi connectivity index (χ1) is 9.74. The lowest BCUT2D eigenvalue weighted by atomic mass is 9.98. The van der Waals surface area contributed by atoms with Crippen LogP contribution >= 0.6 is 0 Å². The van der Waals surface area contributed by atoms with Crippen LogP contribution in [0.2, 0.25) is 0 Å². The van der Waals surface area contributed by atoms with E-state index < -0.39 is 0 Å². The fourth-order valence-electron chi connectivity index (χ4n) is 3.28. The van der Waals surface area contributed by atoms with Crippen molar-refractivity contribution < 1.29 is 4.42 Å². The summed E-state index contributed by atoms with van der Waals surface area (Å²) in [6.45, 7) is 6.54. The second-order valence-corrected chi connectivity index (χ2v) is 6.03. The van der Waals surface area contributed by atoms with Gasteiger partial charge in [0.15, 0.2) is 0 Å². The summed E-state index contributed by atoms with van der Waals surface area (Å²) in [5.74, 6) is 1.83. The molecular weight excluding hydrogens is 248 g/mol. The van der Waals surface area contributed by atoms with Crippen molar-refractivity contribution in [3.63, 3.8) is 0 Å². The molecule has 1 fully saturated rings. The summed E-state index contributed by atoms with van der Waals surface area (Å²) >= 11 is 0. The topological polar surface area (TPSA) is 28.4 Å². The van der Waals surface area contributed by atoms with E-state index in [2.05, 4.69) is 36.3 Å². The van der Waals surface area contributed by atoms with Crippen molar-refractivity contribution in [3.8, 4) is 0 Å². The molecule has 1 saturated heterocycles. The molecule has 0 radical (unpaired) electrons. The number of nitrogens with one attached hydrogen (secondary N) is 1. The predicted molar refractivity (Wildman–Crippen MR) is 82.9 cm³/mol. The molecule has 1 aliphatic heterocycles. The van der Waals surface area contributed by atoms with Crippen LogP contribution in [0.15, 0.2) is 28.7 Å². The Bertz CT molecular complexity index is 575. The number of aryl methyl sites for hydroxylation is 1. The number of hydrogen-bond acceptors (Lipinski definition) is 3. The summed E-state index contributed by atoms with van der Waals surface area (Å²) in [5, 5.41) is 4.87. The van der Waals surface area contributed by atoms with Gasteiger partial charge in [-0.15, -0.1) is 0 Å². The second-order valence-electron chi connectivity index (χ2n) is 6.03. The van der Waals surface area contributed by atoms with Crippen LogP contribution < -0.4 is 5.32 Å². The van der Waals surface area contributed by atoms with Gasteiger partial charge >= 0.3 is 0 Å². The van der Waals surface area contributed by atoms with Crippen LogP contribution in [0.25, 0.3) is 11.0 Å². The number of nitrogens with zero attached hydrogens (tertiary/aromatic N) is 1. The summed E-state index contributed by atoms with van der Waals surface area (Å²) in [6.07, 6.45) is 2.68. The van der Waals surface area contributed by atoms with E-state index in [0.29, 0.717) is 0 Å². The third-order valence-electron chi connectivity index (χ3n) is 4.36. The zero-order chi connectivity index (χ0) is 13.9. The Balaban J connectivity index is 1.61. The lowest BCUT2D eigenvalue weighted by molar-refractivity contribution is 0.206. The van der Waals surface area contributed by atoms with Gasteiger partial charge in [-0.05, 0) is 51.9 Å². The van der Waals surface area contributed by atoms with E-state index in [9.17, 15) is 0 Å². The van der Waals surface area contributed by atoms with Crippen molar-refractivity contribution >= 4 is 11.0 Å². The molecule has 1 aromatic heterocycles. The molecule has 108 valence electrons. The molecule has 20 heavy (non-hydrogen) atoms. The van der Waals surface area contributed by atoms with Crippen molar-refractivity contribution in [2.75, 3.05) is 26.7 Å². The van der Waals surface area contributed by atoms with E-state index in [1.807, 2.05) is 12.1 Å². The van der Waals surface area contributed by atoms with Gasteiger partial charge in [-0.25, -0.2) is 0 Å². The van der Waals surface area contributed by atoms with E-state index >= 15 is 0 Å². The number of likely N-dealkylation sites (tertiary alicyclic amines) is 1. The predicted octanol–water partition coefficient (Wildman–Crippen LogP) is 3.17. The van der Waals surface area contributed by atoms with Crippen LogP contribution in [-0.4, -0.2) is 31.6 Å². The van der Waals surface area contributed by atoms with Crippen LogP contribution in [0.1, 0.15) is 24.2 Å². The summed E-state index contributed by atoms with van der Waals surface area (Å²) < 4.78 is 5.81. The Hall–Kier alpha value is -1.32. The highest BCUT2D eigenvalue weighted by Gasteiger charge is 2.17. The molecule has 1 aliphatic rings. The minimum atomic E-state index is 0.784. The molecule has 0 aliphatic carbocycles. The van der Waals surface area contributed by atoms with E-state index in [1.165, 1.54) is 36.9 Å². The maximum atomic E-state index is 5.81. The molecule has 3 heteroatoms. The summed E-state index contributed by atoms with van der Waals surface area (Å²) in [7, 11) is 2.22. The van der Waals surface area contributed by atoms with Crippen LogP contribution in [0.4, 0.5) is 0 Å². The van der Waals surface area contributed by atoms with Crippen LogP contribution in [-0.2, 0) is 6.54 Å². The number of rotatable bonds is 4. The average Bonchev–Trinajstić information content (AvgIpc) is 2.75. The summed E-state index contributed by atoms with van der Waals surface area (Å²) in [6, 6.07) is 8.30. The maximum Gasteiger partial charge on any atom is 0.134 e. The minimum absolute atomic E-state index is 0.784. The van der Waals surface area contributed by atoms with Gasteiger partial charge in [0.1, 0.15) is 11.3 Å². The third kappa shape index (κ3) is 2.89. The SMILES string of the molecule is Cc1oc2ccccc2c1CNCC1CCCN(C)C1. The Morgan fingerprint density at radius 1 is 1.35 bits per heavy atom. The highest BCUT2D eigenvalue weighted by molar-refractivity contribution is 5.82. The van der Waals surface area contributed by atoms with Gasteiger partial charge in [0.25, 0.3) is 0 Å². The monoisotopic (exact) mass is 272 g/mol. The number of para-hydroxylation sites is 1. The second kappa shape index (κ2) is 5.98. The van der Waals surface area contributed by atoms with Gasteiger partial charge in [-0.1, -0.05) is 18.2 Å². The van der Waals surface area contributed by atoms with Crippen LogP contribution in [0.5, 0.6) is 0 Å². The van der Waals surface area contributed by atoms with Gasteiger partial charge in [0.05, 0.1) is 0 Å². The van der Waals surface area contributed by atoms with E-state index in [0.717, 1.165) is 30.4 Å². The lowest BCUT2D eigenvalue weighted by Crippen LogP contribution is -2.37. The number of piperidine rings is 1. The minimum Gasteiger partial charge on any atom is -0.461 e. The molecule has 0 bridgehead atoms. The van der Waals surface area contributed by atoms with Gasteiger partial charge in [0.2, 0.25) is 0 Å².